The number of amides is 1. The minimum absolute atomic E-state index is 0.0345. The lowest BCUT2D eigenvalue weighted by molar-refractivity contribution is -0.161. The summed E-state index contributed by atoms with van der Waals surface area (Å²) in [4.78, 5) is 19.8. The summed E-state index contributed by atoms with van der Waals surface area (Å²) in [5.74, 6) is -0.0345. The van der Waals surface area contributed by atoms with Crippen molar-refractivity contribution in [3.8, 4) is 0 Å². The third kappa shape index (κ3) is 5.85. The summed E-state index contributed by atoms with van der Waals surface area (Å²) in [7, 11) is 3.45. The Hall–Kier alpha value is -1.50. The monoisotopic (exact) mass is 335 g/mol. The zero-order valence-electron chi connectivity index (χ0n) is 15.4. The highest BCUT2D eigenvalue weighted by atomic mass is 16.5. The first-order valence-corrected chi connectivity index (χ1v) is 8.34. The van der Waals surface area contributed by atoms with Gasteiger partial charge in [0.05, 0.1) is 18.3 Å². The van der Waals surface area contributed by atoms with Crippen LogP contribution in [0.4, 0.5) is 0 Å². The van der Waals surface area contributed by atoms with Crippen LogP contribution in [-0.2, 0) is 20.8 Å². The Kier molecular flexibility index (Phi) is 6.32. The fourth-order valence-corrected chi connectivity index (χ4v) is 2.99. The summed E-state index contributed by atoms with van der Waals surface area (Å²) in [6, 6.07) is 2.16. The van der Waals surface area contributed by atoms with Gasteiger partial charge in [0, 0.05) is 46.1 Å². The average molecular weight is 335 g/mol. The van der Waals surface area contributed by atoms with Gasteiger partial charge < -0.3 is 14.4 Å². The number of hydrogen-bond donors (Lipinski definition) is 0. The highest BCUT2D eigenvalue weighted by Gasteiger charge is 2.33. The molecule has 2 rings (SSSR count). The van der Waals surface area contributed by atoms with Gasteiger partial charge in [-0.2, -0.15) is 0 Å². The summed E-state index contributed by atoms with van der Waals surface area (Å²) in [5, 5.41) is 0. The van der Waals surface area contributed by atoms with E-state index in [1.165, 1.54) is 16.0 Å². The number of nitrogens with zero attached hydrogens (tertiary/aromatic N) is 3. The summed E-state index contributed by atoms with van der Waals surface area (Å²) in [6.07, 6.45) is 3.74. The van der Waals surface area contributed by atoms with Crippen molar-refractivity contribution in [2.45, 2.75) is 39.0 Å². The van der Waals surface area contributed by atoms with Crippen molar-refractivity contribution >= 4 is 5.91 Å². The zero-order chi connectivity index (χ0) is 17.7. The molecule has 0 bridgehead atoms. The second-order valence-corrected chi connectivity index (χ2v) is 7.34. The van der Waals surface area contributed by atoms with Crippen LogP contribution < -0.4 is 0 Å². The highest BCUT2D eigenvalue weighted by Crippen LogP contribution is 2.22. The van der Waals surface area contributed by atoms with Gasteiger partial charge in [0.15, 0.2) is 0 Å². The standard InChI is InChI=1S/C18H29N3O3/c1-14-6-15(8-19-7-14)9-21-10-16(24-18(2,3)13-21)11-23-12-17(22)20(4)5/h6-8,16H,9-13H2,1-5H3/t16-/m0/s1. The molecule has 1 aliphatic rings. The van der Waals surface area contributed by atoms with Crippen molar-refractivity contribution < 1.29 is 14.3 Å². The molecule has 1 saturated heterocycles. The van der Waals surface area contributed by atoms with Crippen LogP contribution in [0.5, 0.6) is 0 Å². The van der Waals surface area contributed by atoms with Crippen molar-refractivity contribution in [2.75, 3.05) is 40.4 Å². The Morgan fingerprint density at radius 3 is 2.88 bits per heavy atom. The predicted octanol–water partition coefficient (Wildman–Crippen LogP) is 1.47. The molecule has 1 amide bonds. The maximum Gasteiger partial charge on any atom is 0.248 e. The first-order chi connectivity index (χ1) is 11.2. The molecule has 24 heavy (non-hydrogen) atoms. The Morgan fingerprint density at radius 2 is 2.21 bits per heavy atom. The molecule has 0 aliphatic carbocycles. The SMILES string of the molecule is Cc1cncc(CN2C[C@@H](COCC(=O)N(C)C)OC(C)(C)C2)c1. The molecule has 6 nitrogen and oxygen atoms in total. The molecular weight excluding hydrogens is 306 g/mol. The van der Waals surface area contributed by atoms with E-state index in [0.29, 0.717) is 6.61 Å². The molecule has 0 spiro atoms. The Labute approximate surface area is 144 Å². The summed E-state index contributed by atoms with van der Waals surface area (Å²) >= 11 is 0. The van der Waals surface area contributed by atoms with Crippen molar-refractivity contribution in [1.82, 2.24) is 14.8 Å². The van der Waals surface area contributed by atoms with E-state index >= 15 is 0 Å². The number of aromatic nitrogens is 1. The molecule has 0 aromatic carbocycles. The molecule has 1 aromatic rings. The van der Waals surface area contributed by atoms with Crippen molar-refractivity contribution in [2.24, 2.45) is 0 Å². The first-order valence-electron chi connectivity index (χ1n) is 8.34. The van der Waals surface area contributed by atoms with Gasteiger partial charge in [0.1, 0.15) is 6.61 Å². The molecule has 6 heteroatoms. The number of pyridine rings is 1. The Balaban J connectivity index is 1.90. The molecule has 134 valence electrons. The van der Waals surface area contributed by atoms with E-state index in [9.17, 15) is 4.79 Å². The molecular formula is C18H29N3O3. The average Bonchev–Trinajstić information content (AvgIpc) is 2.45. The summed E-state index contributed by atoms with van der Waals surface area (Å²) < 4.78 is 11.7. The van der Waals surface area contributed by atoms with Gasteiger partial charge in [-0.05, 0) is 31.9 Å². The van der Waals surface area contributed by atoms with Crippen LogP contribution in [-0.4, -0.2) is 72.8 Å². The predicted molar refractivity (Wildman–Crippen MR) is 92.7 cm³/mol. The molecule has 1 aliphatic heterocycles. The molecule has 1 fully saturated rings. The molecule has 2 heterocycles. The van der Waals surface area contributed by atoms with E-state index < -0.39 is 0 Å². The number of aryl methyl sites for hydroxylation is 1. The number of rotatable bonds is 6. The quantitative estimate of drug-likeness (QED) is 0.788. The van der Waals surface area contributed by atoms with E-state index in [0.717, 1.165) is 19.6 Å². The molecule has 0 unspecified atom stereocenters. The van der Waals surface area contributed by atoms with Gasteiger partial charge in [-0.1, -0.05) is 6.07 Å². The lowest BCUT2D eigenvalue weighted by Crippen LogP contribution is -2.53. The number of carbonyl (C=O) groups is 1. The van der Waals surface area contributed by atoms with E-state index in [-0.39, 0.29) is 24.2 Å². The van der Waals surface area contributed by atoms with Gasteiger partial charge in [0.25, 0.3) is 0 Å². The minimum atomic E-state index is -0.241. The highest BCUT2D eigenvalue weighted by molar-refractivity contribution is 5.76. The largest absolute Gasteiger partial charge is 0.369 e. The van der Waals surface area contributed by atoms with Gasteiger partial charge in [-0.3, -0.25) is 14.7 Å². The van der Waals surface area contributed by atoms with Gasteiger partial charge in [-0.25, -0.2) is 0 Å². The van der Waals surface area contributed by atoms with Crippen LogP contribution in [0.25, 0.3) is 0 Å². The van der Waals surface area contributed by atoms with Gasteiger partial charge >= 0.3 is 0 Å². The van der Waals surface area contributed by atoms with Crippen LogP contribution in [0.15, 0.2) is 18.5 Å². The molecule has 0 N–H and O–H groups in total. The van der Waals surface area contributed by atoms with Crippen LogP contribution in [0, 0.1) is 6.92 Å². The smallest absolute Gasteiger partial charge is 0.248 e. The number of morpholine rings is 1. The van der Waals surface area contributed by atoms with Crippen LogP contribution in [0.2, 0.25) is 0 Å². The Morgan fingerprint density at radius 1 is 1.46 bits per heavy atom. The lowest BCUT2D eigenvalue weighted by atomic mass is 10.0. The fourth-order valence-electron chi connectivity index (χ4n) is 2.99. The number of hydrogen-bond acceptors (Lipinski definition) is 5. The third-order valence-electron chi connectivity index (χ3n) is 3.92. The third-order valence-corrected chi connectivity index (χ3v) is 3.92. The van der Waals surface area contributed by atoms with Crippen molar-refractivity contribution in [1.29, 1.82) is 0 Å². The minimum Gasteiger partial charge on any atom is -0.369 e. The van der Waals surface area contributed by atoms with E-state index in [1.54, 1.807) is 14.1 Å². The second-order valence-electron chi connectivity index (χ2n) is 7.34. The lowest BCUT2D eigenvalue weighted by Gasteiger charge is -2.42. The van der Waals surface area contributed by atoms with Crippen LogP contribution in [0.3, 0.4) is 0 Å². The normalized spacial score (nSPS) is 20.8. The van der Waals surface area contributed by atoms with Crippen LogP contribution >= 0.6 is 0 Å². The molecule has 0 saturated carbocycles. The fraction of sp³-hybridized carbons (Fsp3) is 0.667. The van der Waals surface area contributed by atoms with Crippen molar-refractivity contribution in [3.05, 3.63) is 29.6 Å². The number of carbonyl (C=O) groups excluding carboxylic acids is 1. The van der Waals surface area contributed by atoms with E-state index in [2.05, 4.69) is 36.7 Å². The topological polar surface area (TPSA) is 54.9 Å². The first kappa shape index (κ1) is 18.8. The van der Waals surface area contributed by atoms with Crippen LogP contribution in [0.1, 0.15) is 25.0 Å². The van der Waals surface area contributed by atoms with Gasteiger partial charge in [-0.15, -0.1) is 0 Å². The molecule has 1 aromatic heterocycles. The van der Waals surface area contributed by atoms with Crippen molar-refractivity contribution in [3.63, 3.8) is 0 Å². The summed E-state index contributed by atoms with van der Waals surface area (Å²) in [5.41, 5.74) is 2.13. The zero-order valence-corrected chi connectivity index (χ0v) is 15.4. The number of likely N-dealkylation sites (N-methyl/N-ethyl adjacent to an activating group) is 1. The number of ether oxygens (including phenoxy) is 2. The molecule has 0 radical (unpaired) electrons. The molecule has 1 atom stereocenters. The maximum atomic E-state index is 11.6. The summed E-state index contributed by atoms with van der Waals surface area (Å²) in [6.45, 7) is 9.23. The van der Waals surface area contributed by atoms with E-state index in [4.69, 9.17) is 9.47 Å². The Bertz CT molecular complexity index is 560. The van der Waals surface area contributed by atoms with Gasteiger partial charge in [0.2, 0.25) is 5.91 Å². The maximum absolute atomic E-state index is 11.6. The van der Waals surface area contributed by atoms with E-state index in [1.807, 2.05) is 12.4 Å². The second kappa shape index (κ2) is 8.05.